The zero-order valence-corrected chi connectivity index (χ0v) is 12.6. The van der Waals surface area contributed by atoms with E-state index < -0.39 is 11.9 Å². The highest BCUT2D eigenvalue weighted by molar-refractivity contribution is 8.00. The van der Waals surface area contributed by atoms with E-state index in [9.17, 15) is 9.59 Å². The van der Waals surface area contributed by atoms with Crippen molar-refractivity contribution in [3.8, 4) is 0 Å². The van der Waals surface area contributed by atoms with Crippen LogP contribution in [0.15, 0.2) is 29.2 Å². The molecule has 0 aromatic heterocycles. The molecule has 0 aliphatic carbocycles. The number of benzene rings is 1. The minimum atomic E-state index is -0.665. The van der Waals surface area contributed by atoms with Gasteiger partial charge in [-0.05, 0) is 25.0 Å². The number of ether oxygens (including phenoxy) is 1. The number of carbonyl (C=O) groups is 2. The quantitative estimate of drug-likeness (QED) is 0.456. The SMILES string of the molecule is COC(=O)C(C(=O)CSc1cccc(C)c1)C(C)C. The first kappa shape index (κ1) is 15.8. The molecule has 1 rings (SSSR count). The van der Waals surface area contributed by atoms with Gasteiger partial charge in [-0.1, -0.05) is 31.5 Å². The monoisotopic (exact) mass is 280 g/mol. The second-order valence-electron chi connectivity index (χ2n) is 4.82. The van der Waals surface area contributed by atoms with Crippen molar-refractivity contribution in [2.75, 3.05) is 12.9 Å². The summed E-state index contributed by atoms with van der Waals surface area (Å²) < 4.78 is 4.70. The van der Waals surface area contributed by atoms with Crippen LogP contribution in [-0.2, 0) is 14.3 Å². The van der Waals surface area contributed by atoms with Crippen LogP contribution in [0.2, 0.25) is 0 Å². The fraction of sp³-hybridized carbons (Fsp3) is 0.467. The summed E-state index contributed by atoms with van der Waals surface area (Å²) in [5.74, 6) is -0.930. The second kappa shape index (κ2) is 7.34. The molecule has 0 heterocycles. The zero-order chi connectivity index (χ0) is 14.4. The van der Waals surface area contributed by atoms with Crippen molar-refractivity contribution in [1.82, 2.24) is 0 Å². The third kappa shape index (κ3) is 4.71. The van der Waals surface area contributed by atoms with Gasteiger partial charge in [-0.15, -0.1) is 11.8 Å². The number of Topliss-reactive ketones (excluding diaryl/α,β-unsaturated/α-hetero) is 1. The summed E-state index contributed by atoms with van der Waals surface area (Å²) >= 11 is 1.46. The summed E-state index contributed by atoms with van der Waals surface area (Å²) in [6.45, 7) is 5.73. The molecule has 1 aromatic rings. The molecule has 0 fully saturated rings. The summed E-state index contributed by atoms with van der Waals surface area (Å²) in [6, 6.07) is 7.97. The lowest BCUT2D eigenvalue weighted by molar-refractivity contribution is -0.150. The number of aryl methyl sites for hydroxylation is 1. The van der Waals surface area contributed by atoms with E-state index in [2.05, 4.69) is 0 Å². The molecule has 0 spiro atoms. The average molecular weight is 280 g/mol. The lowest BCUT2D eigenvalue weighted by Gasteiger charge is -2.16. The number of carbonyl (C=O) groups excluding carboxylic acids is 2. The maximum atomic E-state index is 12.1. The highest BCUT2D eigenvalue weighted by atomic mass is 32.2. The molecule has 0 aliphatic rings. The predicted octanol–water partition coefficient (Wildman–Crippen LogP) is 3.10. The first-order valence-corrected chi connectivity index (χ1v) is 7.24. The van der Waals surface area contributed by atoms with Crippen molar-refractivity contribution < 1.29 is 14.3 Å². The molecule has 0 amide bonds. The molecule has 1 atom stereocenters. The Bertz CT molecular complexity index is 454. The fourth-order valence-electron chi connectivity index (χ4n) is 1.85. The van der Waals surface area contributed by atoms with E-state index >= 15 is 0 Å². The summed E-state index contributed by atoms with van der Waals surface area (Å²) in [4.78, 5) is 24.8. The Morgan fingerprint density at radius 1 is 1.32 bits per heavy atom. The van der Waals surface area contributed by atoms with Crippen LogP contribution >= 0.6 is 11.8 Å². The van der Waals surface area contributed by atoms with E-state index in [1.54, 1.807) is 0 Å². The van der Waals surface area contributed by atoms with Gasteiger partial charge < -0.3 is 4.74 Å². The maximum Gasteiger partial charge on any atom is 0.316 e. The molecule has 19 heavy (non-hydrogen) atoms. The molecule has 0 saturated heterocycles. The second-order valence-corrected chi connectivity index (χ2v) is 5.87. The Kier molecular flexibility index (Phi) is 6.09. The van der Waals surface area contributed by atoms with Crippen LogP contribution in [0, 0.1) is 18.8 Å². The zero-order valence-electron chi connectivity index (χ0n) is 11.8. The van der Waals surface area contributed by atoms with E-state index in [1.807, 2.05) is 45.0 Å². The van der Waals surface area contributed by atoms with Gasteiger partial charge in [0.1, 0.15) is 5.92 Å². The summed E-state index contributed by atoms with van der Waals surface area (Å²) in [7, 11) is 1.32. The van der Waals surface area contributed by atoms with E-state index in [-0.39, 0.29) is 11.7 Å². The molecule has 1 aromatic carbocycles. The van der Waals surface area contributed by atoms with E-state index in [1.165, 1.54) is 18.9 Å². The first-order chi connectivity index (χ1) is 8.95. The standard InChI is InChI=1S/C15H20O3S/c1-10(2)14(15(17)18-4)13(16)9-19-12-7-5-6-11(3)8-12/h5-8,10,14H,9H2,1-4H3. The molecule has 0 N–H and O–H groups in total. The highest BCUT2D eigenvalue weighted by Gasteiger charge is 2.30. The molecule has 0 radical (unpaired) electrons. The summed E-state index contributed by atoms with van der Waals surface area (Å²) in [6.07, 6.45) is 0. The number of methoxy groups -OCH3 is 1. The smallest absolute Gasteiger partial charge is 0.316 e. The van der Waals surface area contributed by atoms with Gasteiger partial charge in [-0.25, -0.2) is 0 Å². The lowest BCUT2D eigenvalue weighted by Crippen LogP contribution is -2.31. The van der Waals surface area contributed by atoms with Crippen LogP contribution in [-0.4, -0.2) is 24.6 Å². The van der Waals surface area contributed by atoms with Gasteiger partial charge in [0.2, 0.25) is 0 Å². The van der Waals surface area contributed by atoms with Crippen molar-refractivity contribution in [2.45, 2.75) is 25.7 Å². The largest absolute Gasteiger partial charge is 0.468 e. The molecule has 0 aliphatic heterocycles. The van der Waals surface area contributed by atoms with Crippen LogP contribution in [0.1, 0.15) is 19.4 Å². The lowest BCUT2D eigenvalue weighted by atomic mass is 9.92. The predicted molar refractivity (Wildman–Crippen MR) is 77.3 cm³/mol. The van der Waals surface area contributed by atoms with Crippen LogP contribution in [0.3, 0.4) is 0 Å². The van der Waals surface area contributed by atoms with E-state index in [0.29, 0.717) is 5.75 Å². The minimum Gasteiger partial charge on any atom is -0.468 e. The number of hydrogen-bond donors (Lipinski definition) is 0. The van der Waals surface area contributed by atoms with Gasteiger partial charge in [-0.3, -0.25) is 9.59 Å². The van der Waals surface area contributed by atoms with E-state index in [0.717, 1.165) is 10.5 Å². The summed E-state index contributed by atoms with van der Waals surface area (Å²) in [5.41, 5.74) is 1.16. The number of ketones is 1. The third-order valence-electron chi connectivity index (χ3n) is 2.84. The first-order valence-electron chi connectivity index (χ1n) is 6.25. The van der Waals surface area contributed by atoms with E-state index in [4.69, 9.17) is 4.74 Å². The van der Waals surface area contributed by atoms with Crippen LogP contribution in [0.4, 0.5) is 0 Å². The van der Waals surface area contributed by atoms with Crippen molar-refractivity contribution in [3.63, 3.8) is 0 Å². The molecule has 0 bridgehead atoms. The highest BCUT2D eigenvalue weighted by Crippen LogP contribution is 2.22. The Morgan fingerprint density at radius 3 is 2.53 bits per heavy atom. The van der Waals surface area contributed by atoms with Gasteiger partial charge in [0.25, 0.3) is 0 Å². The molecule has 4 heteroatoms. The van der Waals surface area contributed by atoms with Crippen LogP contribution < -0.4 is 0 Å². The normalized spacial score (nSPS) is 12.3. The molecule has 104 valence electrons. The average Bonchev–Trinajstić information content (AvgIpc) is 2.36. The topological polar surface area (TPSA) is 43.4 Å². The van der Waals surface area contributed by atoms with Crippen LogP contribution in [0.5, 0.6) is 0 Å². The molecular formula is C15H20O3S. The molecule has 1 unspecified atom stereocenters. The minimum absolute atomic E-state index is 0.0435. The van der Waals surface area contributed by atoms with Gasteiger partial charge >= 0.3 is 5.97 Å². The van der Waals surface area contributed by atoms with Crippen molar-refractivity contribution in [3.05, 3.63) is 29.8 Å². The Labute approximate surface area is 118 Å². The van der Waals surface area contributed by atoms with Gasteiger partial charge in [0.15, 0.2) is 5.78 Å². The maximum absolute atomic E-state index is 12.1. The third-order valence-corrected chi connectivity index (χ3v) is 3.86. The van der Waals surface area contributed by atoms with Gasteiger partial charge in [-0.2, -0.15) is 0 Å². The Hall–Kier alpha value is -1.29. The van der Waals surface area contributed by atoms with Crippen molar-refractivity contribution in [2.24, 2.45) is 11.8 Å². The number of hydrogen-bond acceptors (Lipinski definition) is 4. The van der Waals surface area contributed by atoms with Gasteiger partial charge in [0, 0.05) is 4.90 Å². The fourth-order valence-corrected chi connectivity index (χ4v) is 2.78. The molecule has 3 nitrogen and oxygen atoms in total. The number of esters is 1. The number of rotatable bonds is 6. The summed E-state index contributed by atoms with van der Waals surface area (Å²) in [5, 5.41) is 0. The van der Waals surface area contributed by atoms with Crippen molar-refractivity contribution in [1.29, 1.82) is 0 Å². The number of thioether (sulfide) groups is 1. The Balaban J connectivity index is 2.65. The van der Waals surface area contributed by atoms with Gasteiger partial charge in [0.05, 0.1) is 12.9 Å². The van der Waals surface area contributed by atoms with Crippen LogP contribution in [0.25, 0.3) is 0 Å². The molecular weight excluding hydrogens is 260 g/mol. The molecule has 0 saturated carbocycles. The Morgan fingerprint density at radius 2 is 2.00 bits per heavy atom. The van der Waals surface area contributed by atoms with Crippen molar-refractivity contribution >= 4 is 23.5 Å².